The number of thiophene rings is 1. The summed E-state index contributed by atoms with van der Waals surface area (Å²) in [5.74, 6) is 2.18. The lowest BCUT2D eigenvalue weighted by atomic mass is 10.1. The van der Waals surface area contributed by atoms with Crippen LogP contribution in [0.2, 0.25) is 0 Å². The van der Waals surface area contributed by atoms with E-state index in [9.17, 15) is 0 Å². The summed E-state index contributed by atoms with van der Waals surface area (Å²) < 4.78 is 10.8. The Morgan fingerprint density at radius 1 is 1.09 bits per heavy atom. The molecule has 5 nitrogen and oxygen atoms in total. The number of anilines is 1. The lowest BCUT2D eigenvalue weighted by Gasteiger charge is -2.14. The van der Waals surface area contributed by atoms with E-state index >= 15 is 0 Å². The molecule has 3 rings (SSSR count). The van der Waals surface area contributed by atoms with E-state index in [0.29, 0.717) is 12.3 Å². The molecule has 2 heterocycles. The van der Waals surface area contributed by atoms with Crippen LogP contribution in [-0.2, 0) is 6.54 Å². The average Bonchev–Trinajstić information content (AvgIpc) is 3.14. The quantitative estimate of drug-likeness (QED) is 0.745. The zero-order valence-corrected chi connectivity index (χ0v) is 13.8. The van der Waals surface area contributed by atoms with E-state index in [0.717, 1.165) is 28.4 Å². The van der Waals surface area contributed by atoms with Gasteiger partial charge in [-0.3, -0.25) is 4.98 Å². The fourth-order valence-corrected chi connectivity index (χ4v) is 2.99. The van der Waals surface area contributed by atoms with Gasteiger partial charge >= 0.3 is 0 Å². The van der Waals surface area contributed by atoms with Gasteiger partial charge in [0.15, 0.2) is 17.3 Å². The lowest BCUT2D eigenvalue weighted by molar-refractivity contribution is 0.352. The van der Waals surface area contributed by atoms with Crippen molar-refractivity contribution in [3.05, 3.63) is 53.0 Å². The largest absolute Gasteiger partial charge is 0.493 e. The van der Waals surface area contributed by atoms with Crippen molar-refractivity contribution < 1.29 is 9.47 Å². The maximum Gasteiger partial charge on any atom is 0.165 e. The minimum Gasteiger partial charge on any atom is -0.493 e. The molecule has 2 aromatic heterocycles. The summed E-state index contributed by atoms with van der Waals surface area (Å²) >= 11 is 1.64. The second kappa shape index (κ2) is 7.11. The first-order chi connectivity index (χ1) is 11.3. The summed E-state index contributed by atoms with van der Waals surface area (Å²) in [7, 11) is 3.27. The standard InChI is InChI=1S/C17H17N3O2S/c1-21-14-5-3-4-12(16(14)22-2)10-20-17-15(18-7-8-19-17)13-6-9-23-11-13/h3-9,11H,10H2,1-2H3,(H,19,20). The fourth-order valence-electron chi connectivity index (χ4n) is 2.35. The predicted octanol–water partition coefficient (Wildman–Crippen LogP) is 3.83. The van der Waals surface area contributed by atoms with Crippen LogP contribution >= 0.6 is 11.3 Å². The number of rotatable bonds is 6. The Morgan fingerprint density at radius 2 is 1.96 bits per heavy atom. The molecule has 6 heteroatoms. The molecular formula is C17H17N3O2S. The molecule has 0 aliphatic rings. The van der Waals surface area contributed by atoms with Crippen molar-refractivity contribution in [3.63, 3.8) is 0 Å². The van der Waals surface area contributed by atoms with Gasteiger partial charge in [-0.2, -0.15) is 11.3 Å². The van der Waals surface area contributed by atoms with Crippen molar-refractivity contribution in [2.45, 2.75) is 6.54 Å². The molecular weight excluding hydrogens is 310 g/mol. The number of hydrogen-bond donors (Lipinski definition) is 1. The van der Waals surface area contributed by atoms with Crippen LogP contribution in [0.15, 0.2) is 47.4 Å². The molecule has 0 atom stereocenters. The zero-order chi connectivity index (χ0) is 16.1. The molecule has 23 heavy (non-hydrogen) atoms. The third-order valence-corrected chi connectivity index (χ3v) is 4.11. The van der Waals surface area contributed by atoms with Gasteiger partial charge in [0, 0.05) is 35.4 Å². The minimum absolute atomic E-state index is 0.566. The summed E-state index contributed by atoms with van der Waals surface area (Å²) in [5.41, 5.74) is 2.90. The SMILES string of the molecule is COc1cccc(CNc2nccnc2-c2ccsc2)c1OC. The number of hydrogen-bond acceptors (Lipinski definition) is 6. The van der Waals surface area contributed by atoms with Gasteiger partial charge in [0.05, 0.1) is 14.2 Å². The summed E-state index contributed by atoms with van der Waals surface area (Å²) in [6.07, 6.45) is 3.38. The highest BCUT2D eigenvalue weighted by Gasteiger charge is 2.12. The molecule has 1 aromatic carbocycles. The van der Waals surface area contributed by atoms with Crippen molar-refractivity contribution in [2.24, 2.45) is 0 Å². The second-order valence-corrected chi connectivity index (χ2v) is 5.55. The van der Waals surface area contributed by atoms with Crippen molar-refractivity contribution in [1.29, 1.82) is 0 Å². The van der Waals surface area contributed by atoms with Gasteiger partial charge < -0.3 is 14.8 Å². The number of para-hydroxylation sites is 1. The predicted molar refractivity (Wildman–Crippen MR) is 92.2 cm³/mol. The van der Waals surface area contributed by atoms with Crippen molar-refractivity contribution in [3.8, 4) is 22.8 Å². The maximum atomic E-state index is 5.46. The Balaban J connectivity index is 1.85. The summed E-state index contributed by atoms with van der Waals surface area (Å²) in [5, 5.41) is 7.42. The maximum absolute atomic E-state index is 5.46. The third-order valence-electron chi connectivity index (χ3n) is 3.42. The molecule has 0 spiro atoms. The van der Waals surface area contributed by atoms with Gasteiger partial charge in [0.2, 0.25) is 0 Å². The first-order valence-electron chi connectivity index (χ1n) is 7.10. The van der Waals surface area contributed by atoms with Crippen LogP contribution in [0, 0.1) is 0 Å². The highest BCUT2D eigenvalue weighted by atomic mass is 32.1. The van der Waals surface area contributed by atoms with Crippen LogP contribution in [0.4, 0.5) is 5.82 Å². The molecule has 0 radical (unpaired) electrons. The number of nitrogens with zero attached hydrogens (tertiary/aromatic N) is 2. The van der Waals surface area contributed by atoms with Crippen LogP contribution in [0.25, 0.3) is 11.3 Å². The number of aromatic nitrogens is 2. The zero-order valence-electron chi connectivity index (χ0n) is 12.9. The summed E-state index contributed by atoms with van der Waals surface area (Å²) in [6.45, 7) is 0.566. The van der Waals surface area contributed by atoms with E-state index in [1.807, 2.05) is 29.6 Å². The Bertz CT molecular complexity index is 775. The first kappa shape index (κ1) is 15.3. The third kappa shape index (κ3) is 3.27. The topological polar surface area (TPSA) is 56.3 Å². The Morgan fingerprint density at radius 3 is 2.70 bits per heavy atom. The highest BCUT2D eigenvalue weighted by Crippen LogP contribution is 2.32. The van der Waals surface area contributed by atoms with Crippen LogP contribution < -0.4 is 14.8 Å². The van der Waals surface area contributed by atoms with Gasteiger partial charge in [0.1, 0.15) is 5.69 Å². The minimum atomic E-state index is 0.566. The molecule has 0 aliphatic carbocycles. The van der Waals surface area contributed by atoms with E-state index in [4.69, 9.17) is 9.47 Å². The number of methoxy groups -OCH3 is 2. The van der Waals surface area contributed by atoms with Gasteiger partial charge in [-0.1, -0.05) is 12.1 Å². The monoisotopic (exact) mass is 327 g/mol. The summed E-state index contributed by atoms with van der Waals surface area (Å²) in [4.78, 5) is 8.84. The molecule has 0 amide bonds. The number of nitrogens with one attached hydrogen (secondary N) is 1. The van der Waals surface area contributed by atoms with E-state index in [1.54, 1.807) is 38.0 Å². The van der Waals surface area contributed by atoms with Gasteiger partial charge in [-0.25, -0.2) is 4.98 Å². The fraction of sp³-hybridized carbons (Fsp3) is 0.176. The van der Waals surface area contributed by atoms with Crippen LogP contribution in [-0.4, -0.2) is 24.2 Å². The Kier molecular flexibility index (Phi) is 4.73. The molecule has 0 bridgehead atoms. The van der Waals surface area contributed by atoms with Crippen molar-refractivity contribution in [1.82, 2.24) is 9.97 Å². The lowest BCUT2D eigenvalue weighted by Crippen LogP contribution is -2.06. The smallest absolute Gasteiger partial charge is 0.165 e. The Hall–Kier alpha value is -2.60. The van der Waals surface area contributed by atoms with Crippen molar-refractivity contribution in [2.75, 3.05) is 19.5 Å². The molecule has 118 valence electrons. The molecule has 3 aromatic rings. The van der Waals surface area contributed by atoms with Crippen LogP contribution in [0.5, 0.6) is 11.5 Å². The van der Waals surface area contributed by atoms with Crippen LogP contribution in [0.3, 0.4) is 0 Å². The number of ether oxygens (including phenoxy) is 2. The molecule has 0 fully saturated rings. The normalized spacial score (nSPS) is 10.3. The average molecular weight is 327 g/mol. The van der Waals surface area contributed by atoms with Gasteiger partial charge in [-0.05, 0) is 17.5 Å². The van der Waals surface area contributed by atoms with Crippen LogP contribution in [0.1, 0.15) is 5.56 Å². The van der Waals surface area contributed by atoms with Gasteiger partial charge in [-0.15, -0.1) is 0 Å². The van der Waals surface area contributed by atoms with E-state index in [2.05, 4.69) is 20.7 Å². The van der Waals surface area contributed by atoms with E-state index in [-0.39, 0.29) is 0 Å². The van der Waals surface area contributed by atoms with E-state index in [1.165, 1.54) is 0 Å². The van der Waals surface area contributed by atoms with Crippen molar-refractivity contribution >= 4 is 17.2 Å². The highest BCUT2D eigenvalue weighted by molar-refractivity contribution is 7.08. The molecule has 0 saturated carbocycles. The first-order valence-corrected chi connectivity index (χ1v) is 8.05. The van der Waals surface area contributed by atoms with Gasteiger partial charge in [0.25, 0.3) is 0 Å². The molecule has 0 aliphatic heterocycles. The molecule has 0 saturated heterocycles. The second-order valence-electron chi connectivity index (χ2n) is 4.77. The summed E-state index contributed by atoms with van der Waals surface area (Å²) in [6, 6.07) is 7.84. The Labute approximate surface area is 138 Å². The number of benzene rings is 1. The molecule has 0 unspecified atom stereocenters. The van der Waals surface area contributed by atoms with E-state index < -0.39 is 0 Å². The molecule has 1 N–H and O–H groups in total.